The highest BCUT2D eigenvalue weighted by Gasteiger charge is 2.07. The average Bonchev–Trinajstić information content (AvgIpc) is 2.34. The second kappa shape index (κ2) is 8.47. The molecule has 0 atom stereocenters. The van der Waals surface area contributed by atoms with Crippen LogP contribution in [-0.4, -0.2) is 38.6 Å². The Morgan fingerprint density at radius 2 is 2.18 bits per heavy atom. The highest BCUT2D eigenvalue weighted by molar-refractivity contribution is 9.10. The quantitative estimate of drug-likeness (QED) is 0.716. The number of aliphatic hydroxyl groups is 1. The maximum absolute atomic E-state index is 8.78. The zero-order chi connectivity index (χ0) is 12.5. The van der Waals surface area contributed by atoms with Crippen molar-refractivity contribution in [3.63, 3.8) is 0 Å². The number of para-hydroxylation sites is 1. The topological polar surface area (TPSA) is 50.7 Å². The molecule has 4 nitrogen and oxygen atoms in total. The van der Waals surface area contributed by atoms with Crippen molar-refractivity contribution in [1.82, 2.24) is 5.32 Å². The van der Waals surface area contributed by atoms with E-state index >= 15 is 0 Å². The van der Waals surface area contributed by atoms with E-state index in [0.717, 1.165) is 22.3 Å². The average molecular weight is 304 g/mol. The molecule has 0 heterocycles. The number of hydrogen-bond acceptors (Lipinski definition) is 4. The molecule has 17 heavy (non-hydrogen) atoms. The number of ether oxygens (including phenoxy) is 2. The minimum atomic E-state index is 0.0118. The Balaban J connectivity index is 2.59. The van der Waals surface area contributed by atoms with Crippen LogP contribution in [0.5, 0.6) is 5.75 Å². The predicted molar refractivity (Wildman–Crippen MR) is 70.3 cm³/mol. The van der Waals surface area contributed by atoms with Crippen LogP contribution in [0.1, 0.15) is 5.56 Å². The molecule has 0 saturated heterocycles. The third kappa shape index (κ3) is 5.04. The Hall–Kier alpha value is -0.620. The van der Waals surface area contributed by atoms with E-state index in [-0.39, 0.29) is 6.61 Å². The van der Waals surface area contributed by atoms with Gasteiger partial charge in [-0.2, -0.15) is 0 Å². The largest absolute Gasteiger partial charge is 0.490 e. The van der Waals surface area contributed by atoms with Gasteiger partial charge < -0.3 is 19.9 Å². The standard InChI is InChI=1S/C12H18BrNO3/c1-16-7-5-14-9-10-3-2-4-11(13)12(10)17-8-6-15/h2-4,14-15H,5-9H2,1H3. The van der Waals surface area contributed by atoms with Crippen LogP contribution in [0.25, 0.3) is 0 Å². The van der Waals surface area contributed by atoms with Gasteiger partial charge in [0.05, 0.1) is 17.7 Å². The van der Waals surface area contributed by atoms with Gasteiger partial charge >= 0.3 is 0 Å². The zero-order valence-electron chi connectivity index (χ0n) is 9.91. The number of methoxy groups -OCH3 is 1. The molecular formula is C12H18BrNO3. The third-order valence-corrected chi connectivity index (χ3v) is 2.81. The van der Waals surface area contributed by atoms with E-state index < -0.39 is 0 Å². The highest BCUT2D eigenvalue weighted by Crippen LogP contribution is 2.28. The highest BCUT2D eigenvalue weighted by atomic mass is 79.9. The molecule has 0 radical (unpaired) electrons. The lowest BCUT2D eigenvalue weighted by Gasteiger charge is -2.13. The monoisotopic (exact) mass is 303 g/mol. The molecule has 0 fully saturated rings. The molecule has 0 bridgehead atoms. The minimum absolute atomic E-state index is 0.0118. The molecule has 0 spiro atoms. The lowest BCUT2D eigenvalue weighted by atomic mass is 10.2. The summed E-state index contributed by atoms with van der Waals surface area (Å²) in [7, 11) is 1.68. The maximum atomic E-state index is 8.78. The summed E-state index contributed by atoms with van der Waals surface area (Å²) in [5.41, 5.74) is 1.06. The summed E-state index contributed by atoms with van der Waals surface area (Å²) >= 11 is 3.44. The van der Waals surface area contributed by atoms with E-state index in [0.29, 0.717) is 19.8 Å². The summed E-state index contributed by atoms with van der Waals surface area (Å²) in [5, 5.41) is 12.0. The zero-order valence-corrected chi connectivity index (χ0v) is 11.5. The van der Waals surface area contributed by atoms with Gasteiger partial charge in [0.1, 0.15) is 12.4 Å². The molecule has 0 aliphatic rings. The normalized spacial score (nSPS) is 10.5. The van der Waals surface area contributed by atoms with Crippen molar-refractivity contribution in [2.24, 2.45) is 0 Å². The van der Waals surface area contributed by atoms with Crippen molar-refractivity contribution in [1.29, 1.82) is 0 Å². The first-order valence-corrected chi connectivity index (χ1v) is 6.29. The van der Waals surface area contributed by atoms with Crippen LogP contribution >= 0.6 is 15.9 Å². The second-order valence-electron chi connectivity index (χ2n) is 3.47. The van der Waals surface area contributed by atoms with Crippen molar-refractivity contribution >= 4 is 15.9 Å². The predicted octanol–water partition coefficient (Wildman–Crippen LogP) is 1.56. The van der Waals surface area contributed by atoms with Crippen molar-refractivity contribution < 1.29 is 14.6 Å². The Morgan fingerprint density at radius 3 is 2.88 bits per heavy atom. The van der Waals surface area contributed by atoms with Crippen molar-refractivity contribution in [3.8, 4) is 5.75 Å². The number of hydrogen-bond donors (Lipinski definition) is 2. The van der Waals surface area contributed by atoms with Gasteiger partial charge in [-0.1, -0.05) is 12.1 Å². The summed E-state index contributed by atoms with van der Waals surface area (Å²) < 4.78 is 11.4. The van der Waals surface area contributed by atoms with Gasteiger partial charge in [0.25, 0.3) is 0 Å². The summed E-state index contributed by atoms with van der Waals surface area (Å²) in [6, 6.07) is 5.88. The van der Waals surface area contributed by atoms with Crippen LogP contribution in [-0.2, 0) is 11.3 Å². The van der Waals surface area contributed by atoms with E-state index in [4.69, 9.17) is 14.6 Å². The molecule has 1 aromatic rings. The van der Waals surface area contributed by atoms with Crippen molar-refractivity contribution in [3.05, 3.63) is 28.2 Å². The van der Waals surface area contributed by atoms with Crippen molar-refractivity contribution in [2.75, 3.05) is 33.5 Å². The first kappa shape index (κ1) is 14.4. The van der Waals surface area contributed by atoms with Crippen molar-refractivity contribution in [2.45, 2.75) is 6.54 Å². The van der Waals surface area contributed by atoms with Crippen LogP contribution in [0.15, 0.2) is 22.7 Å². The fraction of sp³-hybridized carbons (Fsp3) is 0.500. The van der Waals surface area contributed by atoms with Gasteiger partial charge in [-0.15, -0.1) is 0 Å². The molecule has 0 amide bonds. The second-order valence-corrected chi connectivity index (χ2v) is 4.32. The Labute approximate surface area is 110 Å². The SMILES string of the molecule is COCCNCc1cccc(Br)c1OCCO. The third-order valence-electron chi connectivity index (χ3n) is 2.18. The van der Waals surface area contributed by atoms with Crippen LogP contribution in [0.4, 0.5) is 0 Å². The Kier molecular flexibility index (Phi) is 7.19. The number of benzene rings is 1. The van der Waals surface area contributed by atoms with Gasteiger partial charge in [0, 0.05) is 25.8 Å². The molecule has 0 aliphatic heterocycles. The number of halogens is 1. The number of rotatable bonds is 8. The summed E-state index contributed by atoms with van der Waals surface area (Å²) in [5.74, 6) is 0.784. The van der Waals surface area contributed by atoms with Gasteiger partial charge in [-0.05, 0) is 22.0 Å². The maximum Gasteiger partial charge on any atom is 0.138 e. The van der Waals surface area contributed by atoms with E-state index in [2.05, 4.69) is 21.2 Å². The lowest BCUT2D eigenvalue weighted by Crippen LogP contribution is -2.19. The molecule has 96 valence electrons. The molecule has 0 unspecified atom stereocenters. The summed E-state index contributed by atoms with van der Waals surface area (Å²) in [6.07, 6.45) is 0. The van der Waals surface area contributed by atoms with Gasteiger partial charge in [-0.25, -0.2) is 0 Å². The molecule has 2 N–H and O–H groups in total. The van der Waals surface area contributed by atoms with Crippen LogP contribution in [0.3, 0.4) is 0 Å². The summed E-state index contributed by atoms with van der Waals surface area (Å²) in [4.78, 5) is 0. The molecule has 0 aliphatic carbocycles. The lowest BCUT2D eigenvalue weighted by molar-refractivity contribution is 0.196. The smallest absolute Gasteiger partial charge is 0.138 e. The van der Waals surface area contributed by atoms with E-state index in [1.807, 2.05) is 18.2 Å². The van der Waals surface area contributed by atoms with Crippen LogP contribution in [0, 0.1) is 0 Å². The molecule has 5 heteroatoms. The Morgan fingerprint density at radius 1 is 1.35 bits per heavy atom. The van der Waals surface area contributed by atoms with Gasteiger partial charge in [-0.3, -0.25) is 0 Å². The minimum Gasteiger partial charge on any atom is -0.490 e. The van der Waals surface area contributed by atoms with Gasteiger partial charge in [0.15, 0.2) is 0 Å². The molecular weight excluding hydrogens is 286 g/mol. The van der Waals surface area contributed by atoms with E-state index in [1.165, 1.54) is 0 Å². The molecule has 0 saturated carbocycles. The Bertz CT molecular complexity index is 334. The fourth-order valence-electron chi connectivity index (χ4n) is 1.40. The van der Waals surface area contributed by atoms with Gasteiger partial charge in [0.2, 0.25) is 0 Å². The molecule has 1 aromatic carbocycles. The van der Waals surface area contributed by atoms with E-state index in [1.54, 1.807) is 7.11 Å². The molecule has 1 rings (SSSR count). The molecule has 0 aromatic heterocycles. The van der Waals surface area contributed by atoms with Crippen LogP contribution < -0.4 is 10.1 Å². The summed E-state index contributed by atoms with van der Waals surface area (Å²) in [6.45, 7) is 2.50. The number of nitrogens with one attached hydrogen (secondary N) is 1. The number of aliphatic hydroxyl groups excluding tert-OH is 1. The van der Waals surface area contributed by atoms with Crippen LogP contribution in [0.2, 0.25) is 0 Å². The first-order valence-electron chi connectivity index (χ1n) is 5.50. The first-order chi connectivity index (χ1) is 8.29. The van der Waals surface area contributed by atoms with E-state index in [9.17, 15) is 0 Å². The fourth-order valence-corrected chi connectivity index (χ4v) is 1.92.